The molecule has 2 aromatic rings. The van der Waals surface area contributed by atoms with Crippen molar-refractivity contribution in [1.82, 2.24) is 5.32 Å². The van der Waals surface area contributed by atoms with Crippen LogP contribution in [-0.2, 0) is 0 Å². The molecule has 0 aliphatic carbocycles. The largest absolute Gasteiger partial charge is 0.394 e. The smallest absolute Gasteiger partial charge is 0.251 e. The fraction of sp³-hybridized carbons (Fsp3) is 0.188. The van der Waals surface area contributed by atoms with Crippen molar-refractivity contribution in [3.63, 3.8) is 0 Å². The lowest BCUT2D eigenvalue weighted by Crippen LogP contribution is -2.30. The van der Waals surface area contributed by atoms with E-state index in [4.69, 9.17) is 0 Å². The van der Waals surface area contributed by atoms with Crippen molar-refractivity contribution in [2.45, 2.75) is 13.0 Å². The maximum Gasteiger partial charge on any atom is 0.251 e. The van der Waals surface area contributed by atoms with Gasteiger partial charge in [-0.25, -0.2) is 4.39 Å². The highest BCUT2D eigenvalue weighted by atomic mass is 19.1. The molecular formula is C16H16FNO2. The first kappa shape index (κ1) is 14.2. The number of carbonyl (C=O) groups excluding carboxylic acids is 1. The Morgan fingerprint density at radius 2 is 1.95 bits per heavy atom. The van der Waals surface area contributed by atoms with Gasteiger partial charge in [0.05, 0.1) is 12.6 Å². The number of aliphatic hydroxyl groups is 1. The molecule has 0 spiro atoms. The molecule has 2 N–H and O–H groups in total. The number of nitrogens with one attached hydrogen (secondary N) is 1. The van der Waals surface area contributed by atoms with Crippen molar-refractivity contribution >= 4 is 5.91 Å². The van der Waals surface area contributed by atoms with Crippen molar-refractivity contribution in [3.8, 4) is 0 Å². The summed E-state index contributed by atoms with van der Waals surface area (Å²) in [6, 6.07) is 12.9. The van der Waals surface area contributed by atoms with E-state index in [0.717, 1.165) is 5.56 Å². The number of aliphatic hydroxyl groups excluding tert-OH is 1. The van der Waals surface area contributed by atoms with Gasteiger partial charge in [-0.1, -0.05) is 30.3 Å². The van der Waals surface area contributed by atoms with Gasteiger partial charge in [0.25, 0.3) is 5.91 Å². The molecule has 0 bridgehead atoms. The lowest BCUT2D eigenvalue weighted by atomic mass is 10.1. The topological polar surface area (TPSA) is 49.3 Å². The maximum absolute atomic E-state index is 13.2. The first-order chi connectivity index (χ1) is 9.61. The first-order valence-electron chi connectivity index (χ1n) is 6.34. The normalized spacial score (nSPS) is 11.9. The summed E-state index contributed by atoms with van der Waals surface area (Å²) in [5, 5.41) is 12.1. The van der Waals surface area contributed by atoms with E-state index in [2.05, 4.69) is 5.32 Å². The van der Waals surface area contributed by atoms with Crippen molar-refractivity contribution in [2.24, 2.45) is 0 Å². The number of hydrogen-bond acceptors (Lipinski definition) is 2. The number of hydrogen-bond donors (Lipinski definition) is 2. The molecule has 0 heterocycles. The van der Waals surface area contributed by atoms with Gasteiger partial charge >= 0.3 is 0 Å². The average molecular weight is 273 g/mol. The van der Waals surface area contributed by atoms with E-state index in [0.29, 0.717) is 11.1 Å². The van der Waals surface area contributed by atoms with E-state index in [1.807, 2.05) is 30.3 Å². The molecule has 2 aromatic carbocycles. The lowest BCUT2D eigenvalue weighted by molar-refractivity contribution is 0.0916. The van der Waals surface area contributed by atoms with Crippen LogP contribution < -0.4 is 5.32 Å². The van der Waals surface area contributed by atoms with Crippen LogP contribution in [0.15, 0.2) is 48.5 Å². The van der Waals surface area contributed by atoms with Gasteiger partial charge in [0, 0.05) is 5.56 Å². The zero-order chi connectivity index (χ0) is 14.5. The van der Waals surface area contributed by atoms with E-state index in [1.165, 1.54) is 18.2 Å². The average Bonchev–Trinajstić information content (AvgIpc) is 2.48. The molecule has 2 rings (SSSR count). The Kier molecular flexibility index (Phi) is 4.48. The van der Waals surface area contributed by atoms with Crippen LogP contribution in [0.5, 0.6) is 0 Å². The standard InChI is InChI=1S/C16H16FNO2/c1-11-9-13(7-8-14(11)17)16(20)18-15(10-19)12-5-3-2-4-6-12/h2-9,15,19H,10H2,1H3,(H,18,20)/t15-/m1/s1. The number of benzene rings is 2. The van der Waals surface area contributed by atoms with Gasteiger partial charge in [-0.3, -0.25) is 4.79 Å². The number of rotatable bonds is 4. The fourth-order valence-corrected chi connectivity index (χ4v) is 1.95. The van der Waals surface area contributed by atoms with E-state index < -0.39 is 6.04 Å². The Bertz CT molecular complexity index is 599. The Morgan fingerprint density at radius 3 is 2.55 bits per heavy atom. The van der Waals surface area contributed by atoms with Gasteiger partial charge < -0.3 is 10.4 Å². The van der Waals surface area contributed by atoms with Crippen molar-refractivity contribution in [1.29, 1.82) is 0 Å². The van der Waals surface area contributed by atoms with Gasteiger partial charge in [-0.2, -0.15) is 0 Å². The lowest BCUT2D eigenvalue weighted by Gasteiger charge is -2.17. The van der Waals surface area contributed by atoms with Crippen molar-refractivity contribution in [3.05, 3.63) is 71.0 Å². The summed E-state index contributed by atoms with van der Waals surface area (Å²) in [5.41, 5.74) is 1.61. The van der Waals surface area contributed by atoms with Crippen LogP contribution in [0.25, 0.3) is 0 Å². The Morgan fingerprint density at radius 1 is 1.25 bits per heavy atom. The third-order valence-electron chi connectivity index (χ3n) is 3.11. The Hall–Kier alpha value is -2.20. The molecule has 0 aliphatic rings. The highest BCUT2D eigenvalue weighted by Crippen LogP contribution is 2.14. The zero-order valence-electron chi connectivity index (χ0n) is 11.1. The highest BCUT2D eigenvalue weighted by molar-refractivity contribution is 5.94. The SMILES string of the molecule is Cc1cc(C(=O)N[C@H](CO)c2ccccc2)ccc1F. The summed E-state index contributed by atoms with van der Waals surface area (Å²) in [6.45, 7) is 1.41. The Labute approximate surface area is 117 Å². The minimum Gasteiger partial charge on any atom is -0.394 e. The van der Waals surface area contributed by atoms with E-state index in [1.54, 1.807) is 6.92 Å². The molecule has 1 amide bonds. The van der Waals surface area contributed by atoms with Crippen LogP contribution >= 0.6 is 0 Å². The second kappa shape index (κ2) is 6.30. The van der Waals surface area contributed by atoms with Crippen LogP contribution in [0.2, 0.25) is 0 Å². The number of halogens is 1. The zero-order valence-corrected chi connectivity index (χ0v) is 11.1. The van der Waals surface area contributed by atoms with Crippen LogP contribution in [0.3, 0.4) is 0 Å². The monoisotopic (exact) mass is 273 g/mol. The Balaban J connectivity index is 2.15. The van der Waals surface area contributed by atoms with Crippen LogP contribution in [0.4, 0.5) is 4.39 Å². The summed E-state index contributed by atoms with van der Waals surface area (Å²) in [4.78, 5) is 12.1. The number of aryl methyl sites for hydroxylation is 1. The quantitative estimate of drug-likeness (QED) is 0.899. The van der Waals surface area contributed by atoms with Crippen LogP contribution in [-0.4, -0.2) is 17.6 Å². The van der Waals surface area contributed by atoms with E-state index in [-0.39, 0.29) is 18.3 Å². The summed E-state index contributed by atoms with van der Waals surface area (Å²) in [7, 11) is 0. The maximum atomic E-state index is 13.2. The van der Waals surface area contributed by atoms with Gasteiger partial charge in [-0.05, 0) is 36.2 Å². The summed E-state index contributed by atoms with van der Waals surface area (Å²) in [5.74, 6) is -0.681. The molecule has 3 nitrogen and oxygen atoms in total. The van der Waals surface area contributed by atoms with Crippen molar-refractivity contribution < 1.29 is 14.3 Å². The minimum atomic E-state index is -0.478. The van der Waals surface area contributed by atoms with Gasteiger partial charge in [0.2, 0.25) is 0 Å². The predicted octanol–water partition coefficient (Wildman–Crippen LogP) is 2.60. The molecule has 0 unspecified atom stereocenters. The van der Waals surface area contributed by atoms with E-state index >= 15 is 0 Å². The van der Waals surface area contributed by atoms with Gasteiger partial charge in [-0.15, -0.1) is 0 Å². The molecule has 0 aliphatic heterocycles. The van der Waals surface area contributed by atoms with Crippen molar-refractivity contribution in [2.75, 3.05) is 6.61 Å². The molecule has 104 valence electrons. The molecule has 4 heteroatoms. The first-order valence-corrected chi connectivity index (χ1v) is 6.34. The third kappa shape index (κ3) is 3.22. The molecule has 0 fully saturated rings. The predicted molar refractivity (Wildman–Crippen MR) is 74.9 cm³/mol. The summed E-state index contributed by atoms with van der Waals surface area (Å²) in [6.07, 6.45) is 0. The molecule has 0 aromatic heterocycles. The number of carbonyl (C=O) groups is 1. The highest BCUT2D eigenvalue weighted by Gasteiger charge is 2.15. The second-order valence-electron chi connectivity index (χ2n) is 4.58. The van der Waals surface area contributed by atoms with Gasteiger partial charge in [0.15, 0.2) is 0 Å². The number of amides is 1. The summed E-state index contributed by atoms with van der Waals surface area (Å²) < 4.78 is 13.2. The molecule has 0 radical (unpaired) electrons. The second-order valence-corrected chi connectivity index (χ2v) is 4.58. The van der Waals surface area contributed by atoms with Crippen LogP contribution in [0.1, 0.15) is 27.5 Å². The van der Waals surface area contributed by atoms with Gasteiger partial charge in [0.1, 0.15) is 5.82 Å². The third-order valence-corrected chi connectivity index (χ3v) is 3.11. The molecule has 1 atom stereocenters. The fourth-order valence-electron chi connectivity index (χ4n) is 1.95. The minimum absolute atomic E-state index is 0.198. The molecule has 0 saturated heterocycles. The molecule has 20 heavy (non-hydrogen) atoms. The van der Waals surface area contributed by atoms with Crippen LogP contribution in [0, 0.1) is 12.7 Å². The molecule has 0 saturated carbocycles. The molecular weight excluding hydrogens is 257 g/mol. The van der Waals surface area contributed by atoms with E-state index in [9.17, 15) is 14.3 Å². The summed E-state index contributed by atoms with van der Waals surface area (Å²) >= 11 is 0.